The molecule has 21 heavy (non-hydrogen) atoms. The Morgan fingerprint density at radius 3 is 2.10 bits per heavy atom. The molecule has 0 bridgehead atoms. The van der Waals surface area contributed by atoms with Crippen molar-refractivity contribution in [2.45, 2.75) is 44.1 Å². The molecule has 1 aromatic rings. The summed E-state index contributed by atoms with van der Waals surface area (Å²) in [4.78, 5) is 3.13. The van der Waals surface area contributed by atoms with Gasteiger partial charge in [-0.3, -0.25) is 0 Å². The number of halogens is 7. The van der Waals surface area contributed by atoms with Crippen molar-refractivity contribution in [2.75, 3.05) is 0 Å². The summed E-state index contributed by atoms with van der Waals surface area (Å²) in [6.45, 7) is 1.18. The van der Waals surface area contributed by atoms with Crippen molar-refractivity contribution < 1.29 is 31.4 Å². The minimum absolute atomic E-state index is 0.139. The van der Waals surface area contributed by atoms with E-state index >= 15 is 0 Å². The zero-order chi connectivity index (χ0) is 16.5. The number of nitrogens with zero attached hydrogens (tertiary/aromatic N) is 1. The van der Waals surface area contributed by atoms with Gasteiger partial charge in [-0.2, -0.15) is 26.3 Å². The lowest BCUT2D eigenvalue weighted by Crippen LogP contribution is -2.23. The third-order valence-electron chi connectivity index (χ3n) is 2.84. The number of hydrogen-bond acceptors (Lipinski definition) is 2. The normalized spacial score (nSPS) is 15.9. The lowest BCUT2D eigenvalue weighted by Gasteiger charge is -2.25. The topological polar surface area (TPSA) is 33.1 Å². The Labute approximate surface area is 121 Å². The number of rotatable bonds is 4. The maximum Gasteiger partial charge on any atom is 0.433 e. The van der Waals surface area contributed by atoms with Crippen LogP contribution in [0.25, 0.3) is 0 Å². The van der Waals surface area contributed by atoms with Crippen molar-refractivity contribution in [1.82, 2.24) is 4.98 Å². The molecule has 0 radical (unpaired) electrons. The van der Waals surface area contributed by atoms with Gasteiger partial charge in [-0.05, 0) is 25.8 Å². The molecule has 0 aromatic carbocycles. The average Bonchev–Trinajstić information content (AvgIpc) is 2.24. The Morgan fingerprint density at radius 1 is 1.10 bits per heavy atom. The van der Waals surface area contributed by atoms with E-state index in [0.717, 1.165) is 6.07 Å². The van der Waals surface area contributed by atoms with Crippen LogP contribution in [0.1, 0.15) is 37.4 Å². The fourth-order valence-electron chi connectivity index (χ4n) is 1.76. The first-order valence-electron chi connectivity index (χ1n) is 5.86. The molecular formula is C12H12ClF6NO. The minimum atomic E-state index is -4.69. The van der Waals surface area contributed by atoms with Gasteiger partial charge in [-0.25, -0.2) is 4.98 Å². The molecule has 0 amide bonds. The van der Waals surface area contributed by atoms with Crippen LogP contribution >= 0.6 is 11.6 Å². The van der Waals surface area contributed by atoms with Gasteiger partial charge >= 0.3 is 12.4 Å². The summed E-state index contributed by atoms with van der Waals surface area (Å²) in [7, 11) is 0. The first-order chi connectivity index (χ1) is 9.33. The average molecular weight is 336 g/mol. The molecule has 9 heteroatoms. The number of hydrogen-bond donors (Lipinski definition) is 1. The van der Waals surface area contributed by atoms with Gasteiger partial charge in [0.25, 0.3) is 0 Å². The molecule has 1 N–H and O–H groups in total. The van der Waals surface area contributed by atoms with E-state index in [9.17, 15) is 31.4 Å². The van der Waals surface area contributed by atoms with E-state index in [1.807, 2.05) is 0 Å². The van der Waals surface area contributed by atoms with Gasteiger partial charge in [0, 0.05) is 12.0 Å². The van der Waals surface area contributed by atoms with Crippen LogP contribution < -0.4 is 0 Å². The summed E-state index contributed by atoms with van der Waals surface area (Å²) in [5.74, 6) is 0. The third-order valence-corrected chi connectivity index (χ3v) is 3.13. The molecule has 1 aromatic heterocycles. The van der Waals surface area contributed by atoms with Gasteiger partial charge in [0.2, 0.25) is 0 Å². The predicted octanol–water partition coefficient (Wildman–Crippen LogP) is 4.69. The van der Waals surface area contributed by atoms with Crippen LogP contribution in [0.3, 0.4) is 0 Å². The van der Waals surface area contributed by atoms with Crippen molar-refractivity contribution >= 4 is 11.6 Å². The van der Waals surface area contributed by atoms with E-state index in [1.54, 1.807) is 0 Å². The standard InChI is InChI=1S/C12H12ClF6NO/c1-10(21,5-2-6-11(14,15)16)7-3-4-8(12(17,18)19)20-9(7)13/h3-4,21H,2,5-6H2,1H3. The van der Waals surface area contributed by atoms with Gasteiger partial charge in [0.15, 0.2) is 0 Å². The largest absolute Gasteiger partial charge is 0.433 e. The Balaban J connectivity index is 2.88. The molecule has 0 fully saturated rings. The first kappa shape index (κ1) is 18.0. The van der Waals surface area contributed by atoms with Crippen molar-refractivity contribution in [3.8, 4) is 0 Å². The molecule has 1 rings (SSSR count). The lowest BCUT2D eigenvalue weighted by atomic mass is 9.91. The van der Waals surface area contributed by atoms with E-state index in [0.29, 0.717) is 6.07 Å². The van der Waals surface area contributed by atoms with E-state index < -0.39 is 35.2 Å². The first-order valence-corrected chi connectivity index (χ1v) is 6.24. The summed E-state index contributed by atoms with van der Waals surface area (Å²) in [5.41, 5.74) is -3.17. The molecule has 0 saturated carbocycles. The van der Waals surface area contributed by atoms with Crippen LogP contribution in [-0.4, -0.2) is 16.3 Å². The van der Waals surface area contributed by atoms with Crippen molar-refractivity contribution in [1.29, 1.82) is 0 Å². The van der Waals surface area contributed by atoms with E-state index in [1.165, 1.54) is 6.92 Å². The Bertz CT molecular complexity index is 498. The highest BCUT2D eigenvalue weighted by Crippen LogP contribution is 2.36. The Kier molecular flexibility index (Phi) is 5.15. The molecule has 1 unspecified atom stereocenters. The number of alkyl halides is 6. The van der Waals surface area contributed by atoms with E-state index in [-0.39, 0.29) is 18.4 Å². The molecule has 0 spiro atoms. The molecule has 0 aliphatic heterocycles. The monoisotopic (exact) mass is 335 g/mol. The second kappa shape index (κ2) is 6.00. The molecule has 1 atom stereocenters. The van der Waals surface area contributed by atoms with Crippen molar-refractivity contribution in [2.24, 2.45) is 0 Å². The van der Waals surface area contributed by atoms with Gasteiger partial charge in [0.1, 0.15) is 10.8 Å². The van der Waals surface area contributed by atoms with Gasteiger partial charge < -0.3 is 5.11 Å². The van der Waals surface area contributed by atoms with Crippen LogP contribution in [0.5, 0.6) is 0 Å². The quantitative estimate of drug-likeness (QED) is 0.639. The molecular weight excluding hydrogens is 324 g/mol. The summed E-state index contributed by atoms with van der Waals surface area (Å²) in [5, 5.41) is 9.50. The smallest absolute Gasteiger partial charge is 0.385 e. The zero-order valence-corrected chi connectivity index (χ0v) is 11.6. The summed E-state index contributed by atoms with van der Waals surface area (Å²) in [6, 6.07) is 1.55. The molecule has 2 nitrogen and oxygen atoms in total. The van der Waals surface area contributed by atoms with Crippen molar-refractivity contribution in [3.05, 3.63) is 28.5 Å². The molecule has 0 aliphatic carbocycles. The fraction of sp³-hybridized carbons (Fsp3) is 0.583. The lowest BCUT2D eigenvalue weighted by molar-refractivity contribution is -0.141. The number of aromatic nitrogens is 1. The van der Waals surface area contributed by atoms with Crippen LogP contribution in [0.2, 0.25) is 5.15 Å². The molecule has 120 valence electrons. The summed E-state index contributed by atoms with van der Waals surface area (Å²) in [6.07, 6.45) is -10.8. The summed E-state index contributed by atoms with van der Waals surface area (Å²) >= 11 is 5.60. The second-order valence-corrected chi connectivity index (χ2v) is 5.13. The SMILES string of the molecule is CC(O)(CCCC(F)(F)F)c1ccc(C(F)(F)F)nc1Cl. The third kappa shape index (κ3) is 5.35. The van der Waals surface area contributed by atoms with E-state index in [4.69, 9.17) is 11.6 Å². The van der Waals surface area contributed by atoms with Crippen LogP contribution in [0, 0.1) is 0 Å². The summed E-state index contributed by atoms with van der Waals surface area (Å²) < 4.78 is 73.4. The zero-order valence-electron chi connectivity index (χ0n) is 10.8. The molecule has 0 saturated heterocycles. The number of pyridine rings is 1. The van der Waals surface area contributed by atoms with Gasteiger partial charge in [-0.1, -0.05) is 17.7 Å². The van der Waals surface area contributed by atoms with Gasteiger partial charge in [0.05, 0.1) is 5.60 Å². The molecule has 1 heterocycles. The highest BCUT2D eigenvalue weighted by atomic mass is 35.5. The second-order valence-electron chi connectivity index (χ2n) is 4.78. The highest BCUT2D eigenvalue weighted by molar-refractivity contribution is 6.30. The fourth-order valence-corrected chi connectivity index (χ4v) is 2.12. The van der Waals surface area contributed by atoms with Crippen LogP contribution in [0.4, 0.5) is 26.3 Å². The van der Waals surface area contributed by atoms with Gasteiger partial charge in [-0.15, -0.1) is 0 Å². The number of aliphatic hydroxyl groups is 1. The van der Waals surface area contributed by atoms with Crippen molar-refractivity contribution in [3.63, 3.8) is 0 Å². The van der Waals surface area contributed by atoms with E-state index in [2.05, 4.69) is 4.98 Å². The minimum Gasteiger partial charge on any atom is -0.385 e. The predicted molar refractivity (Wildman–Crippen MR) is 63.7 cm³/mol. The Morgan fingerprint density at radius 2 is 1.67 bits per heavy atom. The van der Waals surface area contributed by atoms with Crippen LogP contribution in [-0.2, 0) is 11.8 Å². The Hall–Kier alpha value is -1.02. The van der Waals surface area contributed by atoms with Crippen LogP contribution in [0.15, 0.2) is 12.1 Å². The molecule has 0 aliphatic rings. The maximum atomic E-state index is 12.4. The maximum absolute atomic E-state index is 12.4. The highest BCUT2D eigenvalue weighted by Gasteiger charge is 2.35.